The lowest BCUT2D eigenvalue weighted by Crippen LogP contribution is -2.07. The van der Waals surface area contributed by atoms with E-state index in [4.69, 9.17) is 15.7 Å². The Morgan fingerprint density at radius 1 is 1.32 bits per heavy atom. The van der Waals surface area contributed by atoms with Crippen LogP contribution in [0.5, 0.6) is 5.88 Å². The van der Waals surface area contributed by atoms with Crippen molar-refractivity contribution in [1.82, 2.24) is 4.57 Å². The maximum Gasteiger partial charge on any atom is 0.218 e. The van der Waals surface area contributed by atoms with Crippen molar-refractivity contribution >= 4 is 5.69 Å². The molecule has 1 aromatic carbocycles. The van der Waals surface area contributed by atoms with Gasteiger partial charge in [0.1, 0.15) is 11.8 Å². The van der Waals surface area contributed by atoms with E-state index in [0.29, 0.717) is 30.4 Å². The lowest BCUT2D eigenvalue weighted by molar-refractivity contribution is 0.313. The minimum Gasteiger partial charge on any atom is -0.478 e. The summed E-state index contributed by atoms with van der Waals surface area (Å²) in [5.41, 5.74) is 9.22. The Kier molecular flexibility index (Phi) is 3.76. The van der Waals surface area contributed by atoms with Crippen LogP contribution in [0.4, 0.5) is 5.69 Å². The Morgan fingerprint density at radius 2 is 2.00 bits per heavy atom. The number of hydrogen-bond donors (Lipinski definition) is 1. The maximum absolute atomic E-state index is 9.16. The molecule has 2 aromatic rings. The molecule has 0 amide bonds. The molecular formula is C15H17N3O. The molecule has 0 unspecified atom stereocenters. The van der Waals surface area contributed by atoms with Crippen LogP contribution in [0.2, 0.25) is 0 Å². The van der Waals surface area contributed by atoms with Gasteiger partial charge >= 0.3 is 0 Å². The van der Waals surface area contributed by atoms with Crippen LogP contribution in [0, 0.1) is 18.3 Å². The zero-order valence-corrected chi connectivity index (χ0v) is 11.2. The minimum atomic E-state index is 0.505. The summed E-state index contributed by atoms with van der Waals surface area (Å²) in [5, 5.41) is 9.16. The average Bonchev–Trinajstić information content (AvgIpc) is 2.70. The number of benzene rings is 1. The van der Waals surface area contributed by atoms with Gasteiger partial charge < -0.3 is 10.5 Å². The van der Waals surface area contributed by atoms with Crippen molar-refractivity contribution in [2.75, 3.05) is 12.3 Å². The fourth-order valence-electron chi connectivity index (χ4n) is 1.98. The number of anilines is 1. The highest BCUT2D eigenvalue weighted by Gasteiger charge is 2.14. The van der Waals surface area contributed by atoms with E-state index in [-0.39, 0.29) is 0 Å². The van der Waals surface area contributed by atoms with Crippen LogP contribution in [-0.2, 0) is 6.54 Å². The SMILES string of the molecule is CCOc1c(N)cc(C#N)n1Cc1ccc(C)cc1. The van der Waals surface area contributed by atoms with Gasteiger partial charge in [-0.25, -0.2) is 0 Å². The van der Waals surface area contributed by atoms with E-state index in [9.17, 15) is 0 Å². The molecule has 0 atom stereocenters. The van der Waals surface area contributed by atoms with E-state index >= 15 is 0 Å². The van der Waals surface area contributed by atoms with Crippen molar-refractivity contribution in [1.29, 1.82) is 5.26 Å². The lowest BCUT2D eigenvalue weighted by Gasteiger charge is -2.11. The first kappa shape index (κ1) is 13.0. The molecule has 2 rings (SSSR count). The van der Waals surface area contributed by atoms with E-state index in [1.54, 1.807) is 6.07 Å². The predicted molar refractivity (Wildman–Crippen MR) is 75.0 cm³/mol. The van der Waals surface area contributed by atoms with E-state index in [0.717, 1.165) is 5.56 Å². The van der Waals surface area contributed by atoms with Crippen molar-refractivity contribution in [3.8, 4) is 11.9 Å². The molecule has 0 saturated carbocycles. The largest absolute Gasteiger partial charge is 0.478 e. The summed E-state index contributed by atoms with van der Waals surface area (Å²) < 4.78 is 7.34. The van der Waals surface area contributed by atoms with Gasteiger partial charge in [-0.1, -0.05) is 29.8 Å². The van der Waals surface area contributed by atoms with Crippen molar-refractivity contribution in [2.24, 2.45) is 0 Å². The molecule has 0 aliphatic heterocycles. The quantitative estimate of drug-likeness (QED) is 0.913. The zero-order chi connectivity index (χ0) is 13.8. The fourth-order valence-corrected chi connectivity index (χ4v) is 1.98. The highest BCUT2D eigenvalue weighted by Crippen LogP contribution is 2.27. The van der Waals surface area contributed by atoms with Gasteiger partial charge in [-0.3, -0.25) is 4.57 Å². The van der Waals surface area contributed by atoms with Crippen LogP contribution in [-0.4, -0.2) is 11.2 Å². The Hall–Kier alpha value is -2.41. The van der Waals surface area contributed by atoms with Gasteiger partial charge in [-0.05, 0) is 19.4 Å². The second-order valence-corrected chi connectivity index (χ2v) is 4.41. The van der Waals surface area contributed by atoms with Gasteiger partial charge in [-0.15, -0.1) is 0 Å². The van der Waals surface area contributed by atoms with Crippen LogP contribution in [0.1, 0.15) is 23.7 Å². The Labute approximate surface area is 113 Å². The van der Waals surface area contributed by atoms with Crippen LogP contribution >= 0.6 is 0 Å². The third kappa shape index (κ3) is 2.71. The molecule has 19 heavy (non-hydrogen) atoms. The van der Waals surface area contributed by atoms with Crippen LogP contribution < -0.4 is 10.5 Å². The number of nitriles is 1. The number of nitrogen functional groups attached to an aromatic ring is 1. The third-order valence-corrected chi connectivity index (χ3v) is 2.93. The molecule has 0 aliphatic rings. The second-order valence-electron chi connectivity index (χ2n) is 4.41. The standard InChI is InChI=1S/C15H17N3O/c1-3-19-15-14(17)8-13(9-16)18(15)10-12-6-4-11(2)5-7-12/h4-8H,3,10,17H2,1-2H3. The molecule has 0 radical (unpaired) electrons. The molecule has 4 heteroatoms. The van der Waals surface area contributed by atoms with E-state index < -0.39 is 0 Å². The molecule has 0 fully saturated rings. The predicted octanol–water partition coefficient (Wildman–Crippen LogP) is 2.70. The van der Waals surface area contributed by atoms with Gasteiger partial charge in [0.05, 0.1) is 18.8 Å². The molecular weight excluding hydrogens is 238 g/mol. The number of nitrogens with two attached hydrogens (primary N) is 1. The number of ether oxygens (including phenoxy) is 1. The van der Waals surface area contributed by atoms with Crippen LogP contribution in [0.15, 0.2) is 30.3 Å². The van der Waals surface area contributed by atoms with Crippen molar-refractivity contribution in [2.45, 2.75) is 20.4 Å². The number of hydrogen-bond acceptors (Lipinski definition) is 3. The monoisotopic (exact) mass is 255 g/mol. The molecule has 1 heterocycles. The second kappa shape index (κ2) is 5.49. The van der Waals surface area contributed by atoms with Crippen LogP contribution in [0.3, 0.4) is 0 Å². The molecule has 2 N–H and O–H groups in total. The molecule has 1 aromatic heterocycles. The van der Waals surface area contributed by atoms with E-state index in [2.05, 4.69) is 18.2 Å². The molecule has 4 nitrogen and oxygen atoms in total. The first-order valence-electron chi connectivity index (χ1n) is 6.23. The van der Waals surface area contributed by atoms with Crippen molar-refractivity contribution < 1.29 is 4.74 Å². The average molecular weight is 255 g/mol. The Morgan fingerprint density at radius 3 is 2.58 bits per heavy atom. The normalized spacial score (nSPS) is 10.2. The summed E-state index contributed by atoms with van der Waals surface area (Å²) in [6, 6.07) is 12.0. The van der Waals surface area contributed by atoms with Crippen molar-refractivity contribution in [3.63, 3.8) is 0 Å². The maximum atomic E-state index is 9.16. The molecule has 0 saturated heterocycles. The summed E-state index contributed by atoms with van der Waals surface area (Å²) in [7, 11) is 0. The van der Waals surface area contributed by atoms with Gasteiger partial charge in [0, 0.05) is 6.07 Å². The highest BCUT2D eigenvalue weighted by molar-refractivity contribution is 5.55. The lowest BCUT2D eigenvalue weighted by atomic mass is 10.1. The number of aryl methyl sites for hydroxylation is 1. The van der Waals surface area contributed by atoms with Crippen molar-refractivity contribution in [3.05, 3.63) is 47.2 Å². The summed E-state index contributed by atoms with van der Waals surface area (Å²) in [5.74, 6) is 0.569. The first-order chi connectivity index (χ1) is 9.15. The summed E-state index contributed by atoms with van der Waals surface area (Å²) in [6.45, 7) is 5.04. The summed E-state index contributed by atoms with van der Waals surface area (Å²) >= 11 is 0. The van der Waals surface area contributed by atoms with Gasteiger partial charge in [0.2, 0.25) is 5.88 Å². The topological polar surface area (TPSA) is 64.0 Å². The number of rotatable bonds is 4. The smallest absolute Gasteiger partial charge is 0.218 e. The van der Waals surface area contributed by atoms with Gasteiger partial charge in [0.15, 0.2) is 0 Å². The molecule has 0 aliphatic carbocycles. The zero-order valence-electron chi connectivity index (χ0n) is 11.2. The molecule has 0 spiro atoms. The third-order valence-electron chi connectivity index (χ3n) is 2.93. The van der Waals surface area contributed by atoms with Crippen LogP contribution in [0.25, 0.3) is 0 Å². The van der Waals surface area contributed by atoms with E-state index in [1.807, 2.05) is 30.5 Å². The summed E-state index contributed by atoms with van der Waals surface area (Å²) in [6.07, 6.45) is 0. The number of aromatic nitrogens is 1. The highest BCUT2D eigenvalue weighted by atomic mass is 16.5. The summed E-state index contributed by atoms with van der Waals surface area (Å²) in [4.78, 5) is 0. The van der Waals surface area contributed by atoms with Gasteiger partial charge in [-0.2, -0.15) is 5.26 Å². The molecule has 98 valence electrons. The number of nitrogens with zero attached hydrogens (tertiary/aromatic N) is 2. The van der Waals surface area contributed by atoms with E-state index in [1.165, 1.54) is 5.56 Å². The Bertz CT molecular complexity index is 606. The minimum absolute atomic E-state index is 0.505. The first-order valence-corrected chi connectivity index (χ1v) is 6.23. The molecule has 0 bridgehead atoms. The Balaban J connectivity index is 2.37. The van der Waals surface area contributed by atoms with Gasteiger partial charge in [0.25, 0.3) is 0 Å². The fraction of sp³-hybridized carbons (Fsp3) is 0.267.